The lowest BCUT2D eigenvalue weighted by Crippen LogP contribution is -2.33. The van der Waals surface area contributed by atoms with Crippen molar-refractivity contribution in [3.8, 4) is 6.07 Å². The predicted octanol–water partition coefficient (Wildman–Crippen LogP) is 2.42. The van der Waals surface area contributed by atoms with Crippen LogP contribution in [0.25, 0.3) is 0 Å². The van der Waals surface area contributed by atoms with Crippen molar-refractivity contribution in [2.75, 3.05) is 6.54 Å². The van der Waals surface area contributed by atoms with Crippen molar-refractivity contribution < 1.29 is 12.8 Å². The lowest BCUT2D eigenvalue weighted by atomic mass is 9.97. The van der Waals surface area contributed by atoms with Crippen LogP contribution in [-0.4, -0.2) is 15.0 Å². The molecule has 0 unspecified atom stereocenters. The Kier molecular flexibility index (Phi) is 4.48. The maximum absolute atomic E-state index is 12.9. The minimum Gasteiger partial charge on any atom is -0.210 e. The second-order valence-corrected chi connectivity index (χ2v) is 6.98. The molecule has 1 N–H and O–H groups in total. The molecule has 1 aromatic carbocycles. The average molecular weight is 335 g/mol. The number of nitrogens with zero attached hydrogens (tertiary/aromatic N) is 1. The van der Waals surface area contributed by atoms with Crippen LogP contribution in [0.1, 0.15) is 13.8 Å². The third kappa shape index (κ3) is 3.77. The first-order valence-electron chi connectivity index (χ1n) is 5.04. The molecule has 1 rings (SSSR count). The van der Waals surface area contributed by atoms with Gasteiger partial charge in [0, 0.05) is 11.0 Å². The lowest BCUT2D eigenvalue weighted by Gasteiger charge is -2.16. The van der Waals surface area contributed by atoms with Crippen LogP contribution in [0.15, 0.2) is 27.6 Å². The summed E-state index contributed by atoms with van der Waals surface area (Å²) < 4.78 is 39.3. The summed E-state index contributed by atoms with van der Waals surface area (Å²) in [4.78, 5) is -0.0577. The smallest absolute Gasteiger partial charge is 0.210 e. The van der Waals surface area contributed by atoms with E-state index in [0.717, 1.165) is 12.1 Å². The van der Waals surface area contributed by atoms with Gasteiger partial charge in [-0.2, -0.15) is 5.26 Å². The van der Waals surface area contributed by atoms with E-state index in [1.807, 2.05) is 6.07 Å². The maximum atomic E-state index is 12.9. The first-order valence-corrected chi connectivity index (χ1v) is 7.31. The van der Waals surface area contributed by atoms with E-state index in [2.05, 4.69) is 20.7 Å². The molecule has 0 aliphatic rings. The fraction of sp³-hybridized carbons (Fsp3) is 0.364. The van der Waals surface area contributed by atoms with E-state index in [0.29, 0.717) is 0 Å². The first kappa shape index (κ1) is 15.1. The van der Waals surface area contributed by atoms with Crippen LogP contribution in [0.2, 0.25) is 0 Å². The zero-order valence-electron chi connectivity index (χ0n) is 9.87. The summed E-state index contributed by atoms with van der Waals surface area (Å²) >= 11 is 3.00. The molecule has 98 valence electrons. The van der Waals surface area contributed by atoms with Crippen LogP contribution < -0.4 is 4.72 Å². The van der Waals surface area contributed by atoms with Gasteiger partial charge in [-0.15, -0.1) is 0 Å². The number of halogens is 2. The van der Waals surface area contributed by atoms with Crippen molar-refractivity contribution in [1.29, 1.82) is 5.26 Å². The molecule has 0 aliphatic carbocycles. The molecule has 0 radical (unpaired) electrons. The zero-order chi connectivity index (χ0) is 14.0. The number of hydrogen-bond acceptors (Lipinski definition) is 3. The number of nitriles is 1. The molecule has 0 saturated carbocycles. The number of hydrogen-bond donors (Lipinski definition) is 1. The number of benzene rings is 1. The average Bonchev–Trinajstić information content (AvgIpc) is 2.26. The molecule has 4 nitrogen and oxygen atoms in total. The van der Waals surface area contributed by atoms with Crippen molar-refractivity contribution >= 4 is 26.0 Å². The van der Waals surface area contributed by atoms with Crippen LogP contribution in [-0.2, 0) is 10.0 Å². The Morgan fingerprint density at radius 2 is 2.11 bits per heavy atom. The van der Waals surface area contributed by atoms with Gasteiger partial charge in [0.05, 0.1) is 16.4 Å². The maximum Gasteiger partial charge on any atom is 0.241 e. The molecule has 0 aliphatic heterocycles. The summed E-state index contributed by atoms with van der Waals surface area (Å²) in [7, 11) is -3.77. The third-order valence-electron chi connectivity index (χ3n) is 2.19. The second-order valence-electron chi connectivity index (χ2n) is 4.39. The van der Waals surface area contributed by atoms with E-state index < -0.39 is 21.3 Å². The Hall–Kier alpha value is -0.970. The molecule has 1 aromatic rings. The quantitative estimate of drug-likeness (QED) is 0.919. The highest BCUT2D eigenvalue weighted by molar-refractivity contribution is 9.10. The SMILES string of the molecule is CC(C)(C#N)CNS(=O)(=O)c1ccc(F)cc1Br. The molecule has 0 spiro atoms. The Morgan fingerprint density at radius 3 is 2.61 bits per heavy atom. The monoisotopic (exact) mass is 334 g/mol. The van der Waals surface area contributed by atoms with Gasteiger partial charge in [-0.3, -0.25) is 0 Å². The molecule has 7 heteroatoms. The van der Waals surface area contributed by atoms with Gasteiger partial charge < -0.3 is 0 Å². The molecule has 0 aromatic heterocycles. The van der Waals surface area contributed by atoms with Crippen molar-refractivity contribution in [3.63, 3.8) is 0 Å². The summed E-state index contributed by atoms with van der Waals surface area (Å²) in [5, 5.41) is 8.81. The van der Waals surface area contributed by atoms with Crippen molar-refractivity contribution in [2.24, 2.45) is 5.41 Å². The summed E-state index contributed by atoms with van der Waals surface area (Å²) in [6.45, 7) is 3.22. The van der Waals surface area contributed by atoms with E-state index in [9.17, 15) is 12.8 Å². The molecule has 0 amide bonds. The first-order chi connectivity index (χ1) is 8.18. The van der Waals surface area contributed by atoms with Crippen LogP contribution in [0, 0.1) is 22.6 Å². The normalized spacial score (nSPS) is 12.2. The van der Waals surface area contributed by atoms with E-state index >= 15 is 0 Å². The number of nitrogens with one attached hydrogen (secondary N) is 1. The Morgan fingerprint density at radius 1 is 1.50 bits per heavy atom. The van der Waals surface area contributed by atoms with E-state index in [4.69, 9.17) is 5.26 Å². The second kappa shape index (κ2) is 5.34. The fourth-order valence-electron chi connectivity index (χ4n) is 1.09. The topological polar surface area (TPSA) is 70.0 Å². The molecule has 0 heterocycles. The van der Waals surface area contributed by atoms with Gasteiger partial charge in [-0.05, 0) is 48.0 Å². The highest BCUT2D eigenvalue weighted by Gasteiger charge is 2.23. The summed E-state index contributed by atoms with van der Waals surface area (Å²) in [6.07, 6.45) is 0. The van der Waals surface area contributed by atoms with Crippen LogP contribution in [0.4, 0.5) is 4.39 Å². The number of sulfonamides is 1. The van der Waals surface area contributed by atoms with Gasteiger partial charge in [0.15, 0.2) is 0 Å². The van der Waals surface area contributed by atoms with E-state index in [-0.39, 0.29) is 15.9 Å². The molecular weight excluding hydrogens is 323 g/mol. The van der Waals surface area contributed by atoms with Crippen LogP contribution >= 0.6 is 15.9 Å². The molecule has 0 atom stereocenters. The van der Waals surface area contributed by atoms with Gasteiger partial charge in [-0.25, -0.2) is 17.5 Å². The zero-order valence-corrected chi connectivity index (χ0v) is 12.3. The van der Waals surface area contributed by atoms with Crippen LogP contribution in [0.5, 0.6) is 0 Å². The Bertz CT molecular complexity index is 594. The highest BCUT2D eigenvalue weighted by atomic mass is 79.9. The molecule has 18 heavy (non-hydrogen) atoms. The molecule has 0 fully saturated rings. The minimum absolute atomic E-state index is 0.0182. The van der Waals surface area contributed by atoms with E-state index in [1.165, 1.54) is 6.07 Å². The highest BCUT2D eigenvalue weighted by Crippen LogP contribution is 2.23. The van der Waals surface area contributed by atoms with Gasteiger partial charge >= 0.3 is 0 Å². The molecular formula is C11H12BrFN2O2S. The summed E-state index contributed by atoms with van der Waals surface area (Å²) in [5.41, 5.74) is -0.806. The molecule has 0 saturated heterocycles. The Labute approximate surface area is 114 Å². The van der Waals surface area contributed by atoms with Gasteiger partial charge in [0.2, 0.25) is 10.0 Å². The third-order valence-corrected chi connectivity index (χ3v) is 4.57. The standard InChI is InChI=1S/C11H12BrFN2O2S/c1-11(2,6-14)7-15-18(16,17)10-4-3-8(13)5-9(10)12/h3-5,15H,7H2,1-2H3. The minimum atomic E-state index is -3.77. The van der Waals surface area contributed by atoms with E-state index in [1.54, 1.807) is 13.8 Å². The van der Waals surface area contributed by atoms with Gasteiger partial charge in [0.25, 0.3) is 0 Å². The van der Waals surface area contributed by atoms with Crippen molar-refractivity contribution in [2.45, 2.75) is 18.7 Å². The van der Waals surface area contributed by atoms with Crippen molar-refractivity contribution in [3.05, 3.63) is 28.5 Å². The van der Waals surface area contributed by atoms with Crippen LogP contribution in [0.3, 0.4) is 0 Å². The predicted molar refractivity (Wildman–Crippen MR) is 68.7 cm³/mol. The lowest BCUT2D eigenvalue weighted by molar-refractivity contribution is 0.478. The van der Waals surface area contributed by atoms with Gasteiger partial charge in [0.1, 0.15) is 5.82 Å². The Balaban J connectivity index is 2.98. The fourth-order valence-corrected chi connectivity index (χ4v) is 3.35. The van der Waals surface area contributed by atoms with Crippen molar-refractivity contribution in [1.82, 2.24) is 4.72 Å². The number of rotatable bonds is 4. The molecule has 0 bridgehead atoms. The largest absolute Gasteiger partial charge is 0.241 e. The summed E-state index contributed by atoms with van der Waals surface area (Å²) in [6, 6.07) is 5.30. The van der Waals surface area contributed by atoms with Gasteiger partial charge in [-0.1, -0.05) is 0 Å². The summed E-state index contributed by atoms with van der Waals surface area (Å²) in [5.74, 6) is -0.529.